The molecule has 0 aliphatic carbocycles. The van der Waals surface area contributed by atoms with Crippen molar-refractivity contribution in [2.75, 3.05) is 13.2 Å². The fourth-order valence-electron chi connectivity index (χ4n) is 1.89. The third-order valence-corrected chi connectivity index (χ3v) is 4.96. The molecule has 9 heteroatoms. The van der Waals surface area contributed by atoms with Crippen LogP contribution in [0.3, 0.4) is 0 Å². The van der Waals surface area contributed by atoms with Gasteiger partial charge in [0.2, 0.25) is 15.8 Å². The van der Waals surface area contributed by atoms with Crippen molar-refractivity contribution in [1.29, 1.82) is 0 Å². The summed E-state index contributed by atoms with van der Waals surface area (Å²) >= 11 is 0. The number of nitro groups is 1. The number of nitro benzene ring substituents is 1. The van der Waals surface area contributed by atoms with Gasteiger partial charge in [0.05, 0.1) is 16.4 Å². The monoisotopic (exact) mass is 320 g/mol. The fourth-order valence-corrected chi connectivity index (χ4v) is 3.62. The van der Waals surface area contributed by atoms with Crippen LogP contribution in [0.2, 0.25) is 0 Å². The Bertz CT molecular complexity index is 645. The Kier molecular flexibility index (Phi) is 5.37. The molecule has 0 unspecified atom stereocenters. The molecule has 0 heterocycles. The first-order valence-corrected chi connectivity index (χ1v) is 7.64. The second-order valence-corrected chi connectivity index (χ2v) is 6.65. The van der Waals surface area contributed by atoms with Gasteiger partial charge in [-0.3, -0.25) is 10.1 Å². The van der Waals surface area contributed by atoms with Gasteiger partial charge in [-0.05, 0) is 32.4 Å². The van der Waals surface area contributed by atoms with E-state index in [2.05, 4.69) is 0 Å². The van der Waals surface area contributed by atoms with E-state index >= 15 is 0 Å². The number of hydrogen-bond acceptors (Lipinski definition) is 5. The van der Waals surface area contributed by atoms with E-state index in [0.29, 0.717) is 6.07 Å². The first-order chi connectivity index (χ1) is 9.62. The van der Waals surface area contributed by atoms with E-state index in [-0.39, 0.29) is 23.6 Å². The average Bonchev–Trinajstić information content (AvgIpc) is 2.37. The molecule has 1 aromatic rings. The molecular weight excluding hydrogens is 303 g/mol. The number of rotatable bonds is 6. The molecule has 0 radical (unpaired) electrons. The van der Waals surface area contributed by atoms with Gasteiger partial charge < -0.3 is 5.11 Å². The van der Waals surface area contributed by atoms with Crippen molar-refractivity contribution in [2.24, 2.45) is 0 Å². The van der Waals surface area contributed by atoms with Gasteiger partial charge >= 0.3 is 5.69 Å². The minimum Gasteiger partial charge on any atom is -0.395 e. The predicted molar refractivity (Wildman–Crippen MR) is 73.9 cm³/mol. The lowest BCUT2D eigenvalue weighted by atomic mass is 10.2. The minimum absolute atomic E-state index is 0.129. The summed E-state index contributed by atoms with van der Waals surface area (Å²) in [5, 5.41) is 19.8. The standard InChI is InChI=1S/C12H17FN2O5S/c1-8(2)14(4-5-16)21(19,20)10-6-9(3)12(13)11(7-10)15(17)18/h6-8,16H,4-5H2,1-3H3. The highest BCUT2D eigenvalue weighted by atomic mass is 32.2. The molecule has 0 saturated carbocycles. The van der Waals surface area contributed by atoms with E-state index in [1.807, 2.05) is 0 Å². The Morgan fingerprint density at radius 2 is 2.00 bits per heavy atom. The number of sulfonamides is 1. The van der Waals surface area contributed by atoms with E-state index in [1.54, 1.807) is 13.8 Å². The summed E-state index contributed by atoms with van der Waals surface area (Å²) in [5.41, 5.74) is -1.02. The highest BCUT2D eigenvalue weighted by Gasteiger charge is 2.30. The molecule has 0 spiro atoms. The van der Waals surface area contributed by atoms with Gasteiger partial charge in [0, 0.05) is 18.7 Å². The Morgan fingerprint density at radius 1 is 1.43 bits per heavy atom. The fraction of sp³-hybridized carbons (Fsp3) is 0.500. The highest BCUT2D eigenvalue weighted by Crippen LogP contribution is 2.27. The van der Waals surface area contributed by atoms with Crippen molar-refractivity contribution < 1.29 is 22.8 Å². The summed E-state index contributed by atoms with van der Waals surface area (Å²) in [6.45, 7) is 3.94. The summed E-state index contributed by atoms with van der Waals surface area (Å²) in [6, 6.07) is 1.29. The first kappa shape index (κ1) is 17.5. The van der Waals surface area contributed by atoms with Crippen LogP contribution in [-0.2, 0) is 10.0 Å². The van der Waals surface area contributed by atoms with Gasteiger partial charge in [0.1, 0.15) is 0 Å². The van der Waals surface area contributed by atoms with Crippen LogP contribution in [-0.4, -0.2) is 41.9 Å². The number of halogens is 1. The number of aliphatic hydroxyl groups is 1. The maximum atomic E-state index is 13.6. The molecule has 21 heavy (non-hydrogen) atoms. The lowest BCUT2D eigenvalue weighted by molar-refractivity contribution is -0.387. The molecule has 1 N–H and O–H groups in total. The Labute approximate surface area is 122 Å². The third-order valence-electron chi connectivity index (χ3n) is 2.91. The van der Waals surface area contributed by atoms with Crippen LogP contribution in [0, 0.1) is 22.9 Å². The Balaban J connectivity index is 3.47. The summed E-state index contributed by atoms with van der Waals surface area (Å²) in [7, 11) is -4.06. The van der Waals surface area contributed by atoms with Crippen molar-refractivity contribution >= 4 is 15.7 Å². The summed E-state index contributed by atoms with van der Waals surface area (Å²) in [5.74, 6) is -1.06. The lowest BCUT2D eigenvalue weighted by Gasteiger charge is -2.25. The van der Waals surface area contributed by atoms with E-state index < -0.39 is 32.5 Å². The molecule has 0 aliphatic heterocycles. The van der Waals surface area contributed by atoms with Crippen LogP contribution in [0.4, 0.5) is 10.1 Å². The van der Waals surface area contributed by atoms with Crippen LogP contribution in [0.25, 0.3) is 0 Å². The number of aliphatic hydroxyl groups excluding tert-OH is 1. The largest absolute Gasteiger partial charge is 0.395 e. The Morgan fingerprint density at radius 3 is 2.43 bits per heavy atom. The van der Waals surface area contributed by atoms with Crippen molar-refractivity contribution in [1.82, 2.24) is 4.31 Å². The quantitative estimate of drug-likeness (QED) is 0.631. The lowest BCUT2D eigenvalue weighted by Crippen LogP contribution is -2.39. The molecule has 0 aliphatic rings. The second-order valence-electron chi connectivity index (χ2n) is 4.76. The number of benzene rings is 1. The average molecular weight is 320 g/mol. The van der Waals surface area contributed by atoms with Gasteiger partial charge in [0.25, 0.3) is 0 Å². The van der Waals surface area contributed by atoms with Crippen molar-refractivity contribution in [3.05, 3.63) is 33.6 Å². The topological polar surface area (TPSA) is 101 Å². The van der Waals surface area contributed by atoms with Crippen LogP contribution in [0.5, 0.6) is 0 Å². The van der Waals surface area contributed by atoms with Crippen LogP contribution < -0.4 is 0 Å². The molecule has 0 fully saturated rings. The van der Waals surface area contributed by atoms with E-state index in [1.165, 1.54) is 6.92 Å². The molecule has 118 valence electrons. The summed E-state index contributed by atoms with van der Waals surface area (Å²) in [4.78, 5) is 9.47. The van der Waals surface area contributed by atoms with E-state index in [9.17, 15) is 22.9 Å². The normalized spacial score (nSPS) is 12.1. The predicted octanol–water partition coefficient (Wildman–Crippen LogP) is 1.43. The number of hydrogen-bond donors (Lipinski definition) is 1. The zero-order valence-corrected chi connectivity index (χ0v) is 12.7. The maximum absolute atomic E-state index is 13.6. The van der Waals surface area contributed by atoms with Crippen molar-refractivity contribution in [3.8, 4) is 0 Å². The molecule has 1 aromatic carbocycles. The van der Waals surface area contributed by atoms with Gasteiger partial charge in [-0.2, -0.15) is 8.70 Å². The highest BCUT2D eigenvalue weighted by molar-refractivity contribution is 7.89. The SMILES string of the molecule is Cc1cc(S(=O)(=O)N(CCO)C(C)C)cc([N+](=O)[O-])c1F. The molecule has 0 amide bonds. The molecular formula is C12H17FN2O5S. The van der Waals surface area contributed by atoms with Gasteiger partial charge in [-0.25, -0.2) is 8.42 Å². The van der Waals surface area contributed by atoms with Crippen molar-refractivity contribution in [2.45, 2.75) is 31.7 Å². The molecule has 0 saturated heterocycles. The minimum atomic E-state index is -4.06. The molecule has 7 nitrogen and oxygen atoms in total. The number of nitrogens with zero attached hydrogens (tertiary/aromatic N) is 2. The van der Waals surface area contributed by atoms with Crippen LogP contribution in [0.1, 0.15) is 19.4 Å². The summed E-state index contributed by atoms with van der Waals surface area (Å²) in [6.07, 6.45) is 0. The second kappa shape index (κ2) is 6.46. The van der Waals surface area contributed by atoms with Crippen LogP contribution >= 0.6 is 0 Å². The van der Waals surface area contributed by atoms with Gasteiger partial charge in [-0.15, -0.1) is 0 Å². The molecule has 1 rings (SSSR count). The third kappa shape index (κ3) is 3.55. The van der Waals surface area contributed by atoms with Gasteiger partial charge in [0.15, 0.2) is 0 Å². The Hall–Kier alpha value is -1.58. The van der Waals surface area contributed by atoms with Gasteiger partial charge in [-0.1, -0.05) is 0 Å². The first-order valence-electron chi connectivity index (χ1n) is 6.20. The summed E-state index contributed by atoms with van der Waals surface area (Å²) < 4.78 is 39.6. The zero-order valence-electron chi connectivity index (χ0n) is 11.9. The number of aryl methyl sites for hydroxylation is 1. The van der Waals surface area contributed by atoms with E-state index in [0.717, 1.165) is 10.4 Å². The maximum Gasteiger partial charge on any atom is 0.306 e. The smallest absolute Gasteiger partial charge is 0.306 e. The molecule has 0 aromatic heterocycles. The van der Waals surface area contributed by atoms with E-state index in [4.69, 9.17) is 5.11 Å². The molecule has 0 bridgehead atoms. The van der Waals surface area contributed by atoms with Crippen molar-refractivity contribution in [3.63, 3.8) is 0 Å². The zero-order chi connectivity index (χ0) is 16.4. The molecule has 0 atom stereocenters. The van der Waals surface area contributed by atoms with Crippen LogP contribution in [0.15, 0.2) is 17.0 Å².